The fraction of sp³-hybridized carbons (Fsp3) is 0.308. The predicted molar refractivity (Wildman–Crippen MR) is 69.1 cm³/mol. The number of ether oxygens (including phenoxy) is 1. The topological polar surface area (TPSA) is 94.3 Å². The first-order valence-electron chi connectivity index (χ1n) is 5.66. The van der Waals surface area contributed by atoms with E-state index in [1.807, 2.05) is 0 Å². The smallest absolute Gasteiger partial charge is 0.307 e. The van der Waals surface area contributed by atoms with Gasteiger partial charge in [0.05, 0.1) is 25.6 Å². The molecule has 0 bridgehead atoms. The Morgan fingerprint density at radius 1 is 1.47 bits per heavy atom. The van der Waals surface area contributed by atoms with Gasteiger partial charge in [-0.15, -0.1) is 0 Å². The highest BCUT2D eigenvalue weighted by Gasteiger charge is 2.07. The molecular weight excluding hydrogens is 246 g/mol. The second-order valence-corrected chi connectivity index (χ2v) is 3.55. The van der Waals surface area contributed by atoms with Crippen LogP contribution in [0, 0.1) is 11.8 Å². The number of esters is 1. The van der Waals surface area contributed by atoms with E-state index < -0.39 is 0 Å². The van der Waals surface area contributed by atoms with E-state index in [-0.39, 0.29) is 31.4 Å². The van der Waals surface area contributed by atoms with Gasteiger partial charge in [-0.3, -0.25) is 14.6 Å². The zero-order valence-electron chi connectivity index (χ0n) is 10.6. The van der Waals surface area contributed by atoms with Gasteiger partial charge in [0.15, 0.2) is 0 Å². The molecule has 0 atom stereocenters. The lowest BCUT2D eigenvalue weighted by Crippen LogP contribution is -2.26. The van der Waals surface area contributed by atoms with E-state index in [1.165, 1.54) is 13.3 Å². The van der Waals surface area contributed by atoms with E-state index in [9.17, 15) is 9.59 Å². The zero-order valence-corrected chi connectivity index (χ0v) is 10.6. The van der Waals surface area contributed by atoms with Crippen LogP contribution in [0.25, 0.3) is 0 Å². The summed E-state index contributed by atoms with van der Waals surface area (Å²) in [6.07, 6.45) is 3.11. The molecule has 0 aliphatic carbocycles. The molecule has 0 aromatic carbocycles. The number of amides is 1. The highest BCUT2D eigenvalue weighted by molar-refractivity contribution is 5.94. The van der Waals surface area contributed by atoms with Gasteiger partial charge in [0.1, 0.15) is 0 Å². The maximum absolute atomic E-state index is 11.8. The number of hydrogen-bond donors (Lipinski definition) is 2. The Hall–Kier alpha value is -2.39. The van der Waals surface area contributed by atoms with Gasteiger partial charge in [-0.25, -0.2) is 0 Å². The first-order chi connectivity index (χ1) is 9.17. The molecule has 1 aromatic rings. The quantitative estimate of drug-likeness (QED) is 0.572. The molecule has 1 rings (SSSR count). The van der Waals surface area contributed by atoms with E-state index in [0.29, 0.717) is 11.1 Å². The number of carbonyl (C=O) groups is 2. The van der Waals surface area contributed by atoms with Crippen molar-refractivity contribution in [2.75, 3.05) is 20.2 Å². The first kappa shape index (κ1) is 14.7. The van der Waals surface area contributed by atoms with Crippen molar-refractivity contribution in [1.82, 2.24) is 10.3 Å². The Kier molecular flexibility index (Phi) is 6.06. The highest BCUT2D eigenvalue weighted by Crippen LogP contribution is 2.01. The van der Waals surface area contributed by atoms with Gasteiger partial charge >= 0.3 is 5.97 Å². The molecule has 0 spiro atoms. The molecule has 1 amide bonds. The molecule has 0 saturated carbocycles. The van der Waals surface area contributed by atoms with Crippen LogP contribution >= 0.6 is 0 Å². The monoisotopic (exact) mass is 261 g/mol. The maximum atomic E-state index is 11.8. The number of carbonyl (C=O) groups excluding carboxylic acids is 2. The van der Waals surface area contributed by atoms with Crippen molar-refractivity contribution in [3.05, 3.63) is 29.6 Å². The summed E-state index contributed by atoms with van der Waals surface area (Å²) in [6, 6.07) is 1.61. The summed E-state index contributed by atoms with van der Waals surface area (Å²) in [7, 11) is 1.30. The summed E-state index contributed by atoms with van der Waals surface area (Å²) < 4.78 is 4.47. The fourth-order valence-electron chi connectivity index (χ4n) is 1.27. The molecule has 0 aliphatic heterocycles. The lowest BCUT2D eigenvalue weighted by molar-refractivity contribution is -0.140. The van der Waals surface area contributed by atoms with Crippen molar-refractivity contribution >= 4 is 11.9 Å². The summed E-state index contributed by atoms with van der Waals surface area (Å²) in [5.41, 5.74) is 6.26. The summed E-state index contributed by atoms with van der Waals surface area (Å²) in [5.74, 6) is 4.79. The molecule has 19 heavy (non-hydrogen) atoms. The van der Waals surface area contributed by atoms with Crippen LogP contribution < -0.4 is 11.1 Å². The molecule has 1 heterocycles. The number of pyridine rings is 1. The van der Waals surface area contributed by atoms with Crippen molar-refractivity contribution in [2.45, 2.75) is 6.42 Å². The molecule has 0 aliphatic rings. The molecule has 0 radical (unpaired) electrons. The van der Waals surface area contributed by atoms with Crippen LogP contribution in [0.5, 0.6) is 0 Å². The average Bonchev–Trinajstić information content (AvgIpc) is 2.45. The molecular formula is C13H15N3O3. The minimum Gasteiger partial charge on any atom is -0.469 e. The molecule has 1 aromatic heterocycles. The van der Waals surface area contributed by atoms with E-state index in [0.717, 1.165) is 0 Å². The summed E-state index contributed by atoms with van der Waals surface area (Å²) in [4.78, 5) is 26.6. The number of nitrogens with zero attached hydrogens (tertiary/aromatic N) is 1. The van der Waals surface area contributed by atoms with Crippen molar-refractivity contribution in [1.29, 1.82) is 0 Å². The standard InChI is InChI=1S/C13H15N3O3/c1-19-12(17)4-6-16-13(18)11-7-10(3-2-5-14)8-15-9-11/h7-9H,4-6,14H2,1H3,(H,16,18). The molecule has 0 saturated heterocycles. The van der Waals surface area contributed by atoms with E-state index in [2.05, 4.69) is 26.9 Å². The van der Waals surface area contributed by atoms with Gasteiger partial charge < -0.3 is 15.8 Å². The predicted octanol–water partition coefficient (Wildman–Crippen LogP) is -0.315. The Labute approximate surface area is 111 Å². The zero-order chi connectivity index (χ0) is 14.1. The Balaban J connectivity index is 2.59. The molecule has 0 fully saturated rings. The maximum Gasteiger partial charge on any atom is 0.307 e. The Bertz CT molecular complexity index is 517. The number of hydrogen-bond acceptors (Lipinski definition) is 5. The number of nitrogens with two attached hydrogens (primary N) is 1. The molecule has 0 unspecified atom stereocenters. The number of methoxy groups -OCH3 is 1. The third kappa shape index (κ3) is 5.19. The number of rotatable bonds is 4. The van der Waals surface area contributed by atoms with Crippen LogP contribution in [0.15, 0.2) is 18.5 Å². The van der Waals surface area contributed by atoms with E-state index in [1.54, 1.807) is 12.3 Å². The van der Waals surface area contributed by atoms with Crippen molar-refractivity contribution in [3.63, 3.8) is 0 Å². The SMILES string of the molecule is COC(=O)CCNC(=O)c1cncc(C#CCN)c1. The van der Waals surface area contributed by atoms with Gasteiger partial charge in [0, 0.05) is 24.5 Å². The Morgan fingerprint density at radius 3 is 2.95 bits per heavy atom. The van der Waals surface area contributed by atoms with E-state index in [4.69, 9.17) is 5.73 Å². The summed E-state index contributed by atoms with van der Waals surface area (Å²) in [5, 5.41) is 2.59. The molecule has 6 heteroatoms. The third-order valence-electron chi connectivity index (χ3n) is 2.18. The minimum absolute atomic E-state index is 0.127. The largest absolute Gasteiger partial charge is 0.469 e. The third-order valence-corrected chi connectivity index (χ3v) is 2.18. The average molecular weight is 261 g/mol. The second-order valence-electron chi connectivity index (χ2n) is 3.55. The lowest BCUT2D eigenvalue weighted by atomic mass is 10.2. The minimum atomic E-state index is -0.374. The number of nitrogens with one attached hydrogen (secondary N) is 1. The highest BCUT2D eigenvalue weighted by atomic mass is 16.5. The lowest BCUT2D eigenvalue weighted by Gasteiger charge is -2.04. The van der Waals surface area contributed by atoms with Crippen LogP contribution in [0.1, 0.15) is 22.3 Å². The van der Waals surface area contributed by atoms with Crippen LogP contribution in [0.2, 0.25) is 0 Å². The van der Waals surface area contributed by atoms with Crippen molar-refractivity contribution in [3.8, 4) is 11.8 Å². The first-order valence-corrected chi connectivity index (χ1v) is 5.66. The van der Waals surface area contributed by atoms with Crippen LogP contribution in [-0.4, -0.2) is 37.1 Å². The fourth-order valence-corrected chi connectivity index (χ4v) is 1.27. The summed E-state index contributed by atoms with van der Waals surface area (Å²) >= 11 is 0. The molecule has 100 valence electrons. The van der Waals surface area contributed by atoms with Gasteiger partial charge in [-0.1, -0.05) is 11.8 Å². The van der Waals surface area contributed by atoms with Crippen LogP contribution in [0.4, 0.5) is 0 Å². The van der Waals surface area contributed by atoms with Gasteiger partial charge in [0.2, 0.25) is 0 Å². The van der Waals surface area contributed by atoms with Gasteiger partial charge in [-0.2, -0.15) is 0 Å². The second kappa shape index (κ2) is 7.84. The molecule has 6 nitrogen and oxygen atoms in total. The van der Waals surface area contributed by atoms with Crippen molar-refractivity contribution < 1.29 is 14.3 Å². The normalized spacial score (nSPS) is 9.16. The molecule has 3 N–H and O–H groups in total. The van der Waals surface area contributed by atoms with Gasteiger partial charge in [-0.05, 0) is 6.07 Å². The van der Waals surface area contributed by atoms with E-state index >= 15 is 0 Å². The Morgan fingerprint density at radius 2 is 2.26 bits per heavy atom. The van der Waals surface area contributed by atoms with Crippen molar-refractivity contribution in [2.24, 2.45) is 5.73 Å². The van der Waals surface area contributed by atoms with Crippen LogP contribution in [0.3, 0.4) is 0 Å². The number of aromatic nitrogens is 1. The summed E-state index contributed by atoms with van der Waals surface area (Å²) in [6.45, 7) is 0.458. The van der Waals surface area contributed by atoms with Gasteiger partial charge in [0.25, 0.3) is 5.91 Å². The van der Waals surface area contributed by atoms with Crippen LogP contribution in [-0.2, 0) is 9.53 Å².